The highest BCUT2D eigenvalue weighted by Crippen LogP contribution is 2.47. The van der Waals surface area contributed by atoms with E-state index in [2.05, 4.69) is 15.9 Å². The van der Waals surface area contributed by atoms with Crippen molar-refractivity contribution in [2.24, 2.45) is 5.41 Å². The van der Waals surface area contributed by atoms with E-state index in [9.17, 15) is 9.50 Å². The molecule has 18 heavy (non-hydrogen) atoms. The second-order valence-corrected chi connectivity index (χ2v) is 6.61. The summed E-state index contributed by atoms with van der Waals surface area (Å²) >= 11 is 9.06. The van der Waals surface area contributed by atoms with Crippen molar-refractivity contribution in [3.05, 3.63) is 33.0 Å². The SMILES string of the molecule is CC1(C(O)c2ccc(Br)c(Cl)c2F)CCCCC1. The third-order valence-electron chi connectivity index (χ3n) is 4.02. The summed E-state index contributed by atoms with van der Waals surface area (Å²) < 4.78 is 14.6. The maximum atomic E-state index is 14.1. The van der Waals surface area contributed by atoms with Crippen LogP contribution in [0.2, 0.25) is 5.02 Å². The summed E-state index contributed by atoms with van der Waals surface area (Å²) in [6.45, 7) is 2.03. The van der Waals surface area contributed by atoms with Crippen LogP contribution in [0.15, 0.2) is 16.6 Å². The van der Waals surface area contributed by atoms with Crippen molar-refractivity contribution in [3.63, 3.8) is 0 Å². The first-order valence-corrected chi connectivity index (χ1v) is 7.44. The fourth-order valence-corrected chi connectivity index (χ4v) is 3.24. The molecule has 1 fully saturated rings. The van der Waals surface area contributed by atoms with Gasteiger partial charge < -0.3 is 5.11 Å². The number of benzene rings is 1. The average molecular weight is 336 g/mol. The van der Waals surface area contributed by atoms with Crippen LogP contribution < -0.4 is 0 Å². The van der Waals surface area contributed by atoms with Gasteiger partial charge in [-0.15, -0.1) is 0 Å². The van der Waals surface area contributed by atoms with Crippen molar-refractivity contribution in [1.29, 1.82) is 0 Å². The van der Waals surface area contributed by atoms with Crippen LogP contribution in [0.1, 0.15) is 50.7 Å². The quantitative estimate of drug-likeness (QED) is 0.732. The second-order valence-electron chi connectivity index (χ2n) is 5.38. The highest BCUT2D eigenvalue weighted by molar-refractivity contribution is 9.10. The van der Waals surface area contributed by atoms with Gasteiger partial charge in [0, 0.05) is 10.0 Å². The van der Waals surface area contributed by atoms with Crippen molar-refractivity contribution in [2.75, 3.05) is 0 Å². The molecule has 0 radical (unpaired) electrons. The monoisotopic (exact) mass is 334 g/mol. The predicted molar refractivity (Wildman–Crippen MR) is 75.3 cm³/mol. The molecule has 0 spiro atoms. The largest absolute Gasteiger partial charge is 0.388 e. The summed E-state index contributed by atoms with van der Waals surface area (Å²) in [6, 6.07) is 3.31. The molecule has 1 nitrogen and oxygen atoms in total. The summed E-state index contributed by atoms with van der Waals surface area (Å²) in [6.07, 6.45) is 4.47. The zero-order valence-electron chi connectivity index (χ0n) is 10.3. The minimum atomic E-state index is -0.789. The molecule has 1 aromatic carbocycles. The lowest BCUT2D eigenvalue weighted by molar-refractivity contribution is 0.00585. The lowest BCUT2D eigenvalue weighted by Gasteiger charge is -2.38. The third-order valence-corrected chi connectivity index (χ3v) is 5.27. The summed E-state index contributed by atoms with van der Waals surface area (Å²) in [5.74, 6) is -0.509. The van der Waals surface area contributed by atoms with E-state index >= 15 is 0 Å². The van der Waals surface area contributed by atoms with E-state index < -0.39 is 11.9 Å². The van der Waals surface area contributed by atoms with Gasteiger partial charge in [-0.1, -0.05) is 43.9 Å². The molecule has 0 saturated heterocycles. The van der Waals surface area contributed by atoms with Crippen LogP contribution >= 0.6 is 27.5 Å². The number of hydrogen-bond acceptors (Lipinski definition) is 1. The molecule has 0 heterocycles. The van der Waals surface area contributed by atoms with E-state index in [1.807, 2.05) is 6.92 Å². The molecule has 1 saturated carbocycles. The number of rotatable bonds is 2. The van der Waals surface area contributed by atoms with Crippen LogP contribution in [0.4, 0.5) is 4.39 Å². The molecule has 1 atom stereocenters. The number of halogens is 3. The van der Waals surface area contributed by atoms with E-state index in [0.29, 0.717) is 10.0 Å². The lowest BCUT2D eigenvalue weighted by Crippen LogP contribution is -2.28. The Morgan fingerprint density at radius 1 is 1.33 bits per heavy atom. The molecule has 4 heteroatoms. The van der Waals surface area contributed by atoms with Crippen LogP contribution in [0.25, 0.3) is 0 Å². The minimum absolute atomic E-state index is 0.0472. The van der Waals surface area contributed by atoms with Gasteiger partial charge in [-0.25, -0.2) is 4.39 Å². The summed E-state index contributed by atoms with van der Waals surface area (Å²) in [5, 5.41) is 10.5. The van der Waals surface area contributed by atoms with Crippen LogP contribution in [-0.4, -0.2) is 5.11 Å². The Kier molecular flexibility index (Phi) is 4.35. The Hall–Kier alpha value is -0.120. The van der Waals surface area contributed by atoms with Gasteiger partial charge >= 0.3 is 0 Å². The van der Waals surface area contributed by atoms with Crippen molar-refractivity contribution in [1.82, 2.24) is 0 Å². The molecular weight excluding hydrogens is 319 g/mol. The Morgan fingerprint density at radius 2 is 1.94 bits per heavy atom. The van der Waals surface area contributed by atoms with E-state index in [4.69, 9.17) is 11.6 Å². The van der Waals surface area contributed by atoms with Gasteiger partial charge in [0.25, 0.3) is 0 Å². The van der Waals surface area contributed by atoms with Gasteiger partial charge in [0.05, 0.1) is 11.1 Å². The summed E-state index contributed by atoms with van der Waals surface area (Å²) in [4.78, 5) is 0. The van der Waals surface area contributed by atoms with Crippen molar-refractivity contribution >= 4 is 27.5 Å². The van der Waals surface area contributed by atoms with Gasteiger partial charge in [-0.05, 0) is 40.3 Å². The third kappa shape index (κ3) is 2.59. The fourth-order valence-electron chi connectivity index (χ4n) is 2.76. The van der Waals surface area contributed by atoms with Crippen LogP contribution in [0.3, 0.4) is 0 Å². The first-order valence-electron chi connectivity index (χ1n) is 6.27. The standard InChI is InChI=1S/C14H17BrClFO/c1-14(7-3-2-4-8-14)13(18)9-5-6-10(15)11(16)12(9)17/h5-6,13,18H,2-4,7-8H2,1H3. The topological polar surface area (TPSA) is 20.2 Å². The Bertz CT molecular complexity index is 444. The molecule has 0 aromatic heterocycles. The van der Waals surface area contributed by atoms with E-state index in [1.165, 1.54) is 6.42 Å². The first-order chi connectivity index (χ1) is 8.46. The molecule has 1 aliphatic rings. The molecule has 1 unspecified atom stereocenters. The average Bonchev–Trinajstić information content (AvgIpc) is 2.36. The Labute approximate surface area is 120 Å². The molecule has 100 valence electrons. The molecule has 0 amide bonds. The lowest BCUT2D eigenvalue weighted by atomic mass is 9.70. The number of aliphatic hydroxyl groups is 1. The second kappa shape index (κ2) is 5.48. The number of hydrogen-bond donors (Lipinski definition) is 1. The van der Waals surface area contributed by atoms with Gasteiger partial charge in [0.1, 0.15) is 5.82 Å². The van der Waals surface area contributed by atoms with Gasteiger partial charge in [-0.2, -0.15) is 0 Å². The van der Waals surface area contributed by atoms with Crippen molar-refractivity contribution in [2.45, 2.75) is 45.1 Å². The van der Waals surface area contributed by atoms with Crippen LogP contribution in [0.5, 0.6) is 0 Å². The molecule has 1 aliphatic carbocycles. The normalized spacial score (nSPS) is 20.7. The number of aliphatic hydroxyl groups excluding tert-OH is 1. The van der Waals surface area contributed by atoms with Gasteiger partial charge in [0.15, 0.2) is 0 Å². The van der Waals surface area contributed by atoms with Gasteiger partial charge in [-0.3, -0.25) is 0 Å². The Morgan fingerprint density at radius 3 is 2.56 bits per heavy atom. The predicted octanol–water partition coefficient (Wildman–Crippen LogP) is 5.25. The maximum Gasteiger partial charge on any atom is 0.148 e. The smallest absolute Gasteiger partial charge is 0.148 e. The van der Waals surface area contributed by atoms with Crippen LogP contribution in [-0.2, 0) is 0 Å². The van der Waals surface area contributed by atoms with Crippen LogP contribution in [0, 0.1) is 11.2 Å². The van der Waals surface area contributed by atoms with E-state index in [1.54, 1.807) is 12.1 Å². The maximum absolute atomic E-state index is 14.1. The zero-order chi connectivity index (χ0) is 13.3. The fraction of sp³-hybridized carbons (Fsp3) is 0.571. The first kappa shape index (κ1) is 14.3. The highest BCUT2D eigenvalue weighted by atomic mass is 79.9. The minimum Gasteiger partial charge on any atom is -0.388 e. The van der Waals surface area contributed by atoms with Crippen molar-refractivity contribution in [3.8, 4) is 0 Å². The Balaban J connectivity index is 2.33. The molecule has 2 rings (SSSR count). The molecule has 0 bridgehead atoms. The zero-order valence-corrected chi connectivity index (χ0v) is 12.7. The van der Waals surface area contributed by atoms with E-state index in [-0.39, 0.29) is 10.4 Å². The highest BCUT2D eigenvalue weighted by Gasteiger charge is 2.37. The molecule has 1 N–H and O–H groups in total. The molecule has 1 aromatic rings. The summed E-state index contributed by atoms with van der Waals surface area (Å²) in [5.41, 5.74) is 0.0728. The van der Waals surface area contributed by atoms with Crippen molar-refractivity contribution < 1.29 is 9.50 Å². The van der Waals surface area contributed by atoms with Gasteiger partial charge in [0.2, 0.25) is 0 Å². The molecular formula is C14H17BrClFO. The molecule has 0 aliphatic heterocycles. The van der Waals surface area contributed by atoms with E-state index in [0.717, 1.165) is 25.7 Å². The summed E-state index contributed by atoms with van der Waals surface area (Å²) in [7, 11) is 0.